The van der Waals surface area contributed by atoms with E-state index in [1.165, 1.54) is 0 Å². The lowest BCUT2D eigenvalue weighted by molar-refractivity contribution is -0.134. The second kappa shape index (κ2) is 6.21. The number of pyridine rings is 1. The highest BCUT2D eigenvalue weighted by molar-refractivity contribution is 6.30. The van der Waals surface area contributed by atoms with Gasteiger partial charge in [0.1, 0.15) is 5.82 Å². The first-order valence-corrected chi connectivity index (χ1v) is 6.85. The molecule has 2 N–H and O–H groups in total. The Hall–Kier alpha value is -1.33. The summed E-state index contributed by atoms with van der Waals surface area (Å²) in [4.78, 5) is 20.3. The van der Waals surface area contributed by atoms with Crippen molar-refractivity contribution >= 4 is 23.3 Å². The van der Waals surface area contributed by atoms with Crippen LogP contribution in [-0.2, 0) is 4.79 Å². The third-order valence-corrected chi connectivity index (χ3v) is 3.63. The molecule has 1 unspecified atom stereocenters. The summed E-state index contributed by atoms with van der Waals surface area (Å²) in [5.41, 5.74) is 5.53. The molecule has 0 saturated carbocycles. The fourth-order valence-corrected chi connectivity index (χ4v) is 2.24. The van der Waals surface area contributed by atoms with Crippen LogP contribution in [0.3, 0.4) is 0 Å². The topological polar surface area (TPSA) is 62.5 Å². The third-order valence-electron chi connectivity index (χ3n) is 3.40. The van der Waals surface area contributed by atoms with E-state index in [0.29, 0.717) is 24.7 Å². The number of carbonyl (C=O) groups is 1. The molecule has 1 aliphatic rings. The van der Waals surface area contributed by atoms with Crippen molar-refractivity contribution in [3.05, 3.63) is 23.4 Å². The van der Waals surface area contributed by atoms with Crippen LogP contribution in [0, 0.1) is 5.92 Å². The van der Waals surface area contributed by atoms with E-state index in [4.69, 9.17) is 17.3 Å². The van der Waals surface area contributed by atoms with Gasteiger partial charge in [0.25, 0.3) is 0 Å². The molecule has 6 heteroatoms. The van der Waals surface area contributed by atoms with Gasteiger partial charge in [-0.3, -0.25) is 4.79 Å². The standard InChI is InChI=1S/C13H19ClN4O/c1-10(8-15)13(19)18-6-4-17(5-7-18)12-3-2-11(14)9-16-12/h2-3,9-10H,4-8,15H2,1H3. The molecule has 1 aliphatic heterocycles. The second-order valence-corrected chi connectivity index (χ2v) is 5.22. The molecule has 19 heavy (non-hydrogen) atoms. The number of hydrogen-bond acceptors (Lipinski definition) is 4. The number of amides is 1. The molecule has 1 aromatic rings. The van der Waals surface area contributed by atoms with Crippen molar-refractivity contribution in [2.75, 3.05) is 37.6 Å². The molecule has 0 aromatic carbocycles. The van der Waals surface area contributed by atoms with Crippen LogP contribution in [0.2, 0.25) is 5.02 Å². The molecule has 5 nitrogen and oxygen atoms in total. The number of aromatic nitrogens is 1. The summed E-state index contributed by atoms with van der Waals surface area (Å²) in [6.45, 7) is 5.28. The number of nitrogens with zero attached hydrogens (tertiary/aromatic N) is 3. The molecule has 2 heterocycles. The van der Waals surface area contributed by atoms with Gasteiger partial charge in [0, 0.05) is 44.8 Å². The van der Waals surface area contributed by atoms with E-state index >= 15 is 0 Å². The van der Waals surface area contributed by atoms with Crippen LogP contribution in [0.25, 0.3) is 0 Å². The van der Waals surface area contributed by atoms with Crippen LogP contribution in [0.15, 0.2) is 18.3 Å². The number of nitrogens with two attached hydrogens (primary N) is 1. The summed E-state index contributed by atoms with van der Waals surface area (Å²) in [7, 11) is 0. The average molecular weight is 283 g/mol. The van der Waals surface area contributed by atoms with Gasteiger partial charge in [-0.15, -0.1) is 0 Å². The van der Waals surface area contributed by atoms with Crippen molar-refractivity contribution in [1.29, 1.82) is 0 Å². The molecule has 1 saturated heterocycles. The van der Waals surface area contributed by atoms with Gasteiger partial charge < -0.3 is 15.5 Å². The van der Waals surface area contributed by atoms with E-state index in [0.717, 1.165) is 18.9 Å². The Morgan fingerprint density at radius 2 is 2.11 bits per heavy atom. The summed E-state index contributed by atoms with van der Waals surface area (Å²) in [5, 5.41) is 0.634. The van der Waals surface area contributed by atoms with Gasteiger partial charge in [0.15, 0.2) is 0 Å². The Morgan fingerprint density at radius 3 is 2.63 bits per heavy atom. The zero-order valence-corrected chi connectivity index (χ0v) is 11.8. The number of hydrogen-bond donors (Lipinski definition) is 1. The molecular formula is C13H19ClN4O. The molecule has 1 amide bonds. The average Bonchev–Trinajstić information content (AvgIpc) is 2.46. The quantitative estimate of drug-likeness (QED) is 0.898. The molecule has 0 bridgehead atoms. The molecule has 0 spiro atoms. The highest BCUT2D eigenvalue weighted by Gasteiger charge is 2.24. The normalized spacial score (nSPS) is 17.4. The first kappa shape index (κ1) is 14.1. The largest absolute Gasteiger partial charge is 0.353 e. The van der Waals surface area contributed by atoms with Gasteiger partial charge in [0.05, 0.1) is 5.02 Å². The predicted octanol–water partition coefficient (Wildman–Crippen LogP) is 0.978. The first-order chi connectivity index (χ1) is 9.11. The summed E-state index contributed by atoms with van der Waals surface area (Å²) < 4.78 is 0. The molecule has 1 aromatic heterocycles. The minimum atomic E-state index is -0.0970. The van der Waals surface area contributed by atoms with Crippen molar-refractivity contribution < 1.29 is 4.79 Å². The Kier molecular flexibility index (Phi) is 4.61. The van der Waals surface area contributed by atoms with E-state index < -0.39 is 0 Å². The third kappa shape index (κ3) is 3.36. The molecule has 104 valence electrons. The van der Waals surface area contributed by atoms with Crippen molar-refractivity contribution in [3.63, 3.8) is 0 Å². The Bertz CT molecular complexity index is 429. The molecule has 1 fully saturated rings. The lowest BCUT2D eigenvalue weighted by Gasteiger charge is -2.36. The minimum Gasteiger partial charge on any atom is -0.353 e. The lowest BCUT2D eigenvalue weighted by atomic mass is 10.1. The van der Waals surface area contributed by atoms with Crippen LogP contribution in [0.1, 0.15) is 6.92 Å². The number of carbonyl (C=O) groups excluding carboxylic acids is 1. The number of halogens is 1. The van der Waals surface area contributed by atoms with Crippen molar-refractivity contribution in [1.82, 2.24) is 9.88 Å². The lowest BCUT2D eigenvalue weighted by Crippen LogP contribution is -2.51. The Morgan fingerprint density at radius 1 is 1.42 bits per heavy atom. The second-order valence-electron chi connectivity index (χ2n) is 4.78. The van der Waals surface area contributed by atoms with E-state index in [2.05, 4.69) is 9.88 Å². The van der Waals surface area contributed by atoms with Crippen LogP contribution in [-0.4, -0.2) is 48.5 Å². The summed E-state index contributed by atoms with van der Waals surface area (Å²) >= 11 is 5.82. The van der Waals surface area contributed by atoms with E-state index in [9.17, 15) is 4.79 Å². The number of piperazine rings is 1. The fraction of sp³-hybridized carbons (Fsp3) is 0.538. The zero-order valence-electron chi connectivity index (χ0n) is 11.1. The maximum absolute atomic E-state index is 12.0. The first-order valence-electron chi connectivity index (χ1n) is 6.47. The summed E-state index contributed by atoms with van der Waals surface area (Å²) in [5.74, 6) is 0.954. The molecule has 1 atom stereocenters. The minimum absolute atomic E-state index is 0.0970. The van der Waals surface area contributed by atoms with Gasteiger partial charge in [0.2, 0.25) is 5.91 Å². The number of rotatable bonds is 3. The van der Waals surface area contributed by atoms with E-state index in [-0.39, 0.29) is 11.8 Å². The van der Waals surface area contributed by atoms with Gasteiger partial charge in [-0.1, -0.05) is 18.5 Å². The zero-order chi connectivity index (χ0) is 13.8. The van der Waals surface area contributed by atoms with Crippen LogP contribution in [0.5, 0.6) is 0 Å². The van der Waals surface area contributed by atoms with E-state index in [1.807, 2.05) is 24.0 Å². The monoisotopic (exact) mass is 282 g/mol. The Balaban J connectivity index is 1.92. The van der Waals surface area contributed by atoms with Gasteiger partial charge in [-0.2, -0.15) is 0 Å². The predicted molar refractivity (Wildman–Crippen MR) is 76.3 cm³/mol. The van der Waals surface area contributed by atoms with E-state index in [1.54, 1.807) is 6.20 Å². The van der Waals surface area contributed by atoms with Gasteiger partial charge in [-0.05, 0) is 12.1 Å². The SMILES string of the molecule is CC(CN)C(=O)N1CCN(c2ccc(Cl)cn2)CC1. The van der Waals surface area contributed by atoms with Crippen LogP contribution >= 0.6 is 11.6 Å². The van der Waals surface area contributed by atoms with Crippen molar-refractivity contribution in [2.24, 2.45) is 11.7 Å². The fourth-order valence-electron chi connectivity index (χ4n) is 2.12. The van der Waals surface area contributed by atoms with Gasteiger partial charge >= 0.3 is 0 Å². The summed E-state index contributed by atoms with van der Waals surface area (Å²) in [6, 6.07) is 3.74. The van der Waals surface area contributed by atoms with Crippen LogP contribution in [0.4, 0.5) is 5.82 Å². The molecule has 0 aliphatic carbocycles. The number of anilines is 1. The molecular weight excluding hydrogens is 264 g/mol. The Labute approximate surface area is 118 Å². The molecule has 2 rings (SSSR count). The molecule has 0 radical (unpaired) electrons. The maximum atomic E-state index is 12.0. The highest BCUT2D eigenvalue weighted by atomic mass is 35.5. The smallest absolute Gasteiger partial charge is 0.226 e. The van der Waals surface area contributed by atoms with Crippen molar-refractivity contribution in [2.45, 2.75) is 6.92 Å². The van der Waals surface area contributed by atoms with Crippen molar-refractivity contribution in [3.8, 4) is 0 Å². The highest BCUT2D eigenvalue weighted by Crippen LogP contribution is 2.16. The van der Waals surface area contributed by atoms with Crippen LogP contribution < -0.4 is 10.6 Å². The summed E-state index contributed by atoms with van der Waals surface area (Å²) in [6.07, 6.45) is 1.64. The van der Waals surface area contributed by atoms with Gasteiger partial charge in [-0.25, -0.2) is 4.98 Å². The maximum Gasteiger partial charge on any atom is 0.226 e.